The normalized spacial score (nSPS) is 21.9. The van der Waals surface area contributed by atoms with Crippen LogP contribution in [0.2, 0.25) is 0 Å². The SMILES string of the molecule is CN1C(c2ccccc2O)N(C)[C@@H](c2ccccc2)[C@@H]1c1ccccc1. The maximum atomic E-state index is 10.5. The molecule has 1 aliphatic rings. The largest absolute Gasteiger partial charge is 0.508 e. The summed E-state index contributed by atoms with van der Waals surface area (Å²) in [6.45, 7) is 0. The van der Waals surface area contributed by atoms with Gasteiger partial charge >= 0.3 is 0 Å². The van der Waals surface area contributed by atoms with Crippen LogP contribution in [-0.4, -0.2) is 29.0 Å². The van der Waals surface area contributed by atoms with Crippen LogP contribution in [0.25, 0.3) is 0 Å². The summed E-state index contributed by atoms with van der Waals surface area (Å²) in [4.78, 5) is 4.73. The van der Waals surface area contributed by atoms with Crippen LogP contribution in [0.15, 0.2) is 84.9 Å². The number of aromatic hydroxyl groups is 1. The van der Waals surface area contributed by atoms with Crippen LogP contribution in [0, 0.1) is 0 Å². The maximum absolute atomic E-state index is 10.5. The third-order valence-electron chi connectivity index (χ3n) is 5.45. The number of phenols is 1. The molecular formula is C23H24N2O. The van der Waals surface area contributed by atoms with Gasteiger partial charge in [-0.25, -0.2) is 0 Å². The minimum absolute atomic E-state index is 0.00612. The van der Waals surface area contributed by atoms with E-state index in [0.29, 0.717) is 5.75 Å². The fourth-order valence-electron chi connectivity index (χ4n) is 4.32. The van der Waals surface area contributed by atoms with Gasteiger partial charge in [0.15, 0.2) is 0 Å². The number of benzene rings is 3. The van der Waals surface area contributed by atoms with Crippen LogP contribution in [0.4, 0.5) is 0 Å². The Balaban J connectivity index is 1.84. The van der Waals surface area contributed by atoms with Crippen molar-refractivity contribution in [2.45, 2.75) is 18.2 Å². The summed E-state index contributed by atoms with van der Waals surface area (Å²) >= 11 is 0. The van der Waals surface area contributed by atoms with E-state index in [0.717, 1.165) is 5.56 Å². The molecule has 3 nitrogen and oxygen atoms in total. The van der Waals surface area contributed by atoms with Gasteiger partial charge in [0.1, 0.15) is 5.75 Å². The van der Waals surface area contributed by atoms with Crippen molar-refractivity contribution in [2.24, 2.45) is 0 Å². The van der Waals surface area contributed by atoms with Gasteiger partial charge < -0.3 is 5.11 Å². The lowest BCUT2D eigenvalue weighted by molar-refractivity contribution is 0.160. The van der Waals surface area contributed by atoms with Crippen LogP contribution in [-0.2, 0) is 0 Å². The molecule has 2 atom stereocenters. The second kappa shape index (κ2) is 6.94. The minimum atomic E-state index is 0.00612. The van der Waals surface area contributed by atoms with E-state index in [1.807, 2.05) is 18.2 Å². The molecule has 0 spiro atoms. The quantitative estimate of drug-likeness (QED) is 0.743. The lowest BCUT2D eigenvalue weighted by Crippen LogP contribution is -2.26. The third-order valence-corrected chi connectivity index (χ3v) is 5.45. The van der Waals surface area contributed by atoms with E-state index in [1.165, 1.54) is 11.1 Å². The summed E-state index contributed by atoms with van der Waals surface area (Å²) in [5.41, 5.74) is 3.51. The van der Waals surface area contributed by atoms with Crippen molar-refractivity contribution in [3.63, 3.8) is 0 Å². The Morgan fingerprint density at radius 2 is 1.04 bits per heavy atom. The topological polar surface area (TPSA) is 26.7 Å². The molecule has 1 aliphatic heterocycles. The first-order chi connectivity index (χ1) is 12.7. The molecule has 4 rings (SSSR count). The number of hydrogen-bond donors (Lipinski definition) is 1. The molecule has 0 bridgehead atoms. The second-order valence-electron chi connectivity index (χ2n) is 6.97. The molecule has 1 heterocycles. The average Bonchev–Trinajstić information content (AvgIpc) is 2.94. The lowest BCUT2D eigenvalue weighted by Gasteiger charge is -2.28. The molecule has 3 aromatic rings. The van der Waals surface area contributed by atoms with Gasteiger partial charge in [-0.05, 0) is 31.3 Å². The van der Waals surface area contributed by atoms with Crippen LogP contribution in [0.5, 0.6) is 5.75 Å². The van der Waals surface area contributed by atoms with E-state index in [2.05, 4.69) is 84.6 Å². The van der Waals surface area contributed by atoms with Crippen LogP contribution in [0.1, 0.15) is 34.9 Å². The summed E-state index contributed by atoms with van der Waals surface area (Å²) in [6, 6.07) is 29.3. The Morgan fingerprint density at radius 1 is 0.615 bits per heavy atom. The predicted octanol–water partition coefficient (Wildman–Crippen LogP) is 4.75. The molecule has 1 saturated heterocycles. The molecule has 0 aromatic heterocycles. The first-order valence-corrected chi connectivity index (χ1v) is 9.00. The van der Waals surface area contributed by atoms with Crippen LogP contribution < -0.4 is 0 Å². The maximum Gasteiger partial charge on any atom is 0.121 e. The lowest BCUT2D eigenvalue weighted by atomic mass is 9.93. The zero-order valence-corrected chi connectivity index (χ0v) is 15.2. The molecule has 0 unspecified atom stereocenters. The molecule has 132 valence electrons. The number of phenolic OH excluding ortho intramolecular Hbond substituents is 1. The molecule has 0 saturated carbocycles. The Morgan fingerprint density at radius 3 is 1.50 bits per heavy atom. The molecule has 0 amide bonds. The molecule has 3 aromatic carbocycles. The zero-order valence-electron chi connectivity index (χ0n) is 15.2. The highest BCUT2D eigenvalue weighted by molar-refractivity contribution is 5.38. The van der Waals surface area contributed by atoms with E-state index in [1.54, 1.807) is 6.07 Å². The molecule has 1 fully saturated rings. The second-order valence-corrected chi connectivity index (χ2v) is 6.97. The van der Waals surface area contributed by atoms with Crippen LogP contribution in [0.3, 0.4) is 0 Å². The van der Waals surface area contributed by atoms with Gasteiger partial charge in [0, 0.05) is 5.56 Å². The molecule has 0 aliphatic carbocycles. The van der Waals surface area contributed by atoms with Crippen molar-refractivity contribution in [2.75, 3.05) is 14.1 Å². The average molecular weight is 344 g/mol. The molecular weight excluding hydrogens is 320 g/mol. The summed E-state index contributed by atoms with van der Waals surface area (Å²) in [5, 5.41) is 10.5. The highest BCUT2D eigenvalue weighted by Gasteiger charge is 2.45. The van der Waals surface area contributed by atoms with Gasteiger partial charge in [0.25, 0.3) is 0 Å². The number of likely N-dealkylation sites (N-methyl/N-ethyl adjacent to an activating group) is 2. The highest BCUT2D eigenvalue weighted by Crippen LogP contribution is 2.51. The smallest absolute Gasteiger partial charge is 0.121 e. The van der Waals surface area contributed by atoms with E-state index < -0.39 is 0 Å². The van der Waals surface area contributed by atoms with Gasteiger partial charge in [-0.2, -0.15) is 0 Å². The molecule has 26 heavy (non-hydrogen) atoms. The first-order valence-electron chi connectivity index (χ1n) is 9.00. The zero-order chi connectivity index (χ0) is 18.1. The number of para-hydroxylation sites is 1. The molecule has 1 N–H and O–H groups in total. The fourth-order valence-corrected chi connectivity index (χ4v) is 4.32. The van der Waals surface area contributed by atoms with Crippen molar-refractivity contribution >= 4 is 0 Å². The number of rotatable bonds is 3. The van der Waals surface area contributed by atoms with E-state index >= 15 is 0 Å². The third kappa shape index (κ3) is 2.79. The Kier molecular flexibility index (Phi) is 4.49. The Hall–Kier alpha value is -2.62. The fraction of sp³-hybridized carbons (Fsp3) is 0.217. The summed E-state index contributed by atoms with van der Waals surface area (Å²) in [6.07, 6.45) is 0.00612. The van der Waals surface area contributed by atoms with Crippen molar-refractivity contribution < 1.29 is 5.11 Å². The summed E-state index contributed by atoms with van der Waals surface area (Å²) < 4.78 is 0. The standard InChI is InChI=1S/C23H24N2O/c1-24-21(17-11-5-3-6-12-17)22(18-13-7-4-8-14-18)25(2)23(24)19-15-9-10-16-20(19)26/h3-16,21-23,26H,1-2H3/t21-,22-/m0/s1. The van der Waals surface area contributed by atoms with Crippen molar-refractivity contribution in [3.8, 4) is 5.75 Å². The van der Waals surface area contributed by atoms with Gasteiger partial charge in [0.2, 0.25) is 0 Å². The van der Waals surface area contributed by atoms with Crippen molar-refractivity contribution in [1.82, 2.24) is 9.80 Å². The van der Waals surface area contributed by atoms with Gasteiger partial charge in [-0.1, -0.05) is 78.9 Å². The summed E-state index contributed by atoms with van der Waals surface area (Å²) in [7, 11) is 4.29. The molecule has 0 radical (unpaired) electrons. The van der Waals surface area contributed by atoms with E-state index in [-0.39, 0.29) is 18.2 Å². The predicted molar refractivity (Wildman–Crippen MR) is 105 cm³/mol. The Labute approximate surface area is 155 Å². The molecule has 3 heteroatoms. The van der Waals surface area contributed by atoms with Gasteiger partial charge in [0.05, 0.1) is 18.2 Å². The minimum Gasteiger partial charge on any atom is -0.508 e. The Bertz CT molecular complexity index is 814. The van der Waals surface area contributed by atoms with E-state index in [9.17, 15) is 5.11 Å². The van der Waals surface area contributed by atoms with Crippen molar-refractivity contribution in [1.29, 1.82) is 0 Å². The van der Waals surface area contributed by atoms with Gasteiger partial charge in [-0.15, -0.1) is 0 Å². The van der Waals surface area contributed by atoms with Crippen molar-refractivity contribution in [3.05, 3.63) is 102 Å². The highest BCUT2D eigenvalue weighted by atomic mass is 16.3. The first kappa shape index (κ1) is 16.8. The van der Waals surface area contributed by atoms with E-state index in [4.69, 9.17) is 0 Å². The number of hydrogen-bond acceptors (Lipinski definition) is 3. The van der Waals surface area contributed by atoms with Gasteiger partial charge in [-0.3, -0.25) is 9.80 Å². The van der Waals surface area contributed by atoms with Crippen LogP contribution >= 0.6 is 0 Å². The number of nitrogens with zero attached hydrogens (tertiary/aromatic N) is 2. The monoisotopic (exact) mass is 344 g/mol. The summed E-state index contributed by atoms with van der Waals surface area (Å²) in [5.74, 6) is 0.344.